The first-order valence-electron chi connectivity index (χ1n) is 2.94. The van der Waals surface area contributed by atoms with E-state index in [9.17, 15) is 0 Å². The fraction of sp³-hybridized carbons (Fsp3) is 0.571. The molecule has 0 aromatic rings. The molecule has 1 aliphatic rings. The molecule has 0 unspecified atom stereocenters. The third-order valence-corrected chi connectivity index (χ3v) is 1.92. The van der Waals surface area contributed by atoms with Crippen molar-refractivity contribution < 1.29 is 5.11 Å². The Morgan fingerprint density at radius 3 is 2.78 bits per heavy atom. The molecule has 9 heavy (non-hydrogen) atoms. The van der Waals surface area contributed by atoms with E-state index >= 15 is 0 Å². The zero-order valence-electron chi connectivity index (χ0n) is 5.17. The molecule has 1 aliphatic carbocycles. The summed E-state index contributed by atoms with van der Waals surface area (Å²) < 4.78 is 0. The molecule has 0 spiro atoms. The van der Waals surface area contributed by atoms with Crippen LogP contribution in [0.15, 0.2) is 12.7 Å². The summed E-state index contributed by atoms with van der Waals surface area (Å²) in [7, 11) is 0. The topological polar surface area (TPSA) is 44.0 Å². The molecule has 48 valence electrons. The van der Waals surface area contributed by atoms with Gasteiger partial charge in [0.25, 0.3) is 0 Å². The van der Waals surface area contributed by atoms with Crippen LogP contribution in [0.3, 0.4) is 0 Å². The second kappa shape index (κ2) is 1.85. The molecule has 1 rings (SSSR count). The number of nitriles is 1. The Morgan fingerprint density at radius 1 is 2.00 bits per heavy atom. The Hall–Kier alpha value is -0.810. The largest absolute Gasteiger partial charge is 0.395 e. The summed E-state index contributed by atoms with van der Waals surface area (Å²) in [6.07, 6.45) is 2.52. The van der Waals surface area contributed by atoms with E-state index in [1.807, 2.05) is 0 Å². The molecule has 0 amide bonds. The first-order valence-corrected chi connectivity index (χ1v) is 2.94. The van der Waals surface area contributed by atoms with Crippen molar-refractivity contribution in [3.8, 4) is 6.07 Å². The normalized spacial score (nSPS) is 39.3. The van der Waals surface area contributed by atoms with E-state index in [0.717, 1.165) is 6.42 Å². The monoisotopic (exact) mass is 123 g/mol. The quantitative estimate of drug-likeness (QED) is 0.549. The van der Waals surface area contributed by atoms with Gasteiger partial charge < -0.3 is 5.11 Å². The standard InChI is InChI=1S/C7H9NO/c1-2-6-3-7(6,4-8)5-9/h2,6,9H,1,3,5H2/t6-,7+/m0/s1. The van der Waals surface area contributed by atoms with Crippen molar-refractivity contribution in [1.82, 2.24) is 0 Å². The molecule has 2 nitrogen and oxygen atoms in total. The highest BCUT2D eigenvalue weighted by atomic mass is 16.3. The van der Waals surface area contributed by atoms with Crippen LogP contribution < -0.4 is 0 Å². The molecule has 1 N–H and O–H groups in total. The number of aliphatic hydroxyl groups excluding tert-OH is 1. The molecule has 0 saturated heterocycles. The third-order valence-electron chi connectivity index (χ3n) is 1.92. The highest BCUT2D eigenvalue weighted by Crippen LogP contribution is 2.52. The molecule has 0 bridgehead atoms. The minimum absolute atomic E-state index is 0.0276. The van der Waals surface area contributed by atoms with Gasteiger partial charge in [-0.2, -0.15) is 5.26 Å². The number of rotatable bonds is 2. The summed E-state index contributed by atoms with van der Waals surface area (Å²) in [5, 5.41) is 17.2. The Morgan fingerprint density at radius 2 is 2.67 bits per heavy atom. The minimum atomic E-state index is -0.457. The van der Waals surface area contributed by atoms with Crippen molar-refractivity contribution in [1.29, 1.82) is 5.26 Å². The van der Waals surface area contributed by atoms with Gasteiger partial charge in [0.15, 0.2) is 0 Å². The van der Waals surface area contributed by atoms with E-state index in [1.165, 1.54) is 0 Å². The number of aliphatic hydroxyl groups is 1. The van der Waals surface area contributed by atoms with E-state index in [4.69, 9.17) is 10.4 Å². The number of hydrogen-bond donors (Lipinski definition) is 1. The van der Waals surface area contributed by atoms with Crippen LogP contribution in [0.2, 0.25) is 0 Å². The van der Waals surface area contributed by atoms with Crippen LogP contribution in [0.4, 0.5) is 0 Å². The number of nitrogens with zero attached hydrogens (tertiary/aromatic N) is 1. The average Bonchev–Trinajstić information content (AvgIpc) is 2.63. The Bertz CT molecular complexity index is 170. The molecule has 0 heterocycles. The first-order chi connectivity index (χ1) is 4.29. The molecule has 0 radical (unpaired) electrons. The molecular formula is C7H9NO. The van der Waals surface area contributed by atoms with Gasteiger partial charge in [-0.25, -0.2) is 0 Å². The zero-order chi connectivity index (χ0) is 6.91. The summed E-state index contributed by atoms with van der Waals surface area (Å²) in [6.45, 7) is 3.52. The molecule has 2 atom stereocenters. The third kappa shape index (κ3) is 0.739. The number of allylic oxidation sites excluding steroid dienone is 1. The smallest absolute Gasteiger partial charge is 0.0872 e. The molecule has 0 aromatic heterocycles. The SMILES string of the molecule is C=C[C@H]1C[C@@]1(C#N)CO. The van der Waals surface area contributed by atoms with E-state index in [2.05, 4.69) is 12.6 Å². The van der Waals surface area contributed by atoms with Crippen LogP contribution in [-0.4, -0.2) is 11.7 Å². The lowest BCUT2D eigenvalue weighted by molar-refractivity contribution is 0.239. The minimum Gasteiger partial charge on any atom is -0.395 e. The number of hydrogen-bond acceptors (Lipinski definition) is 2. The van der Waals surface area contributed by atoms with Gasteiger partial charge in [0, 0.05) is 0 Å². The van der Waals surface area contributed by atoms with E-state index < -0.39 is 5.41 Å². The van der Waals surface area contributed by atoms with Gasteiger partial charge in [0.2, 0.25) is 0 Å². The first kappa shape index (κ1) is 6.31. The van der Waals surface area contributed by atoms with Crippen LogP contribution in [0, 0.1) is 22.7 Å². The predicted octanol–water partition coefficient (Wildman–Crippen LogP) is 0.695. The van der Waals surface area contributed by atoms with E-state index in [1.54, 1.807) is 6.08 Å². The van der Waals surface area contributed by atoms with Gasteiger partial charge in [-0.15, -0.1) is 6.58 Å². The molecule has 1 fully saturated rings. The maximum absolute atomic E-state index is 8.69. The lowest BCUT2D eigenvalue weighted by atomic mass is 10.1. The summed E-state index contributed by atoms with van der Waals surface area (Å²) in [5.41, 5.74) is -0.457. The average molecular weight is 123 g/mol. The van der Waals surface area contributed by atoms with E-state index in [0.29, 0.717) is 0 Å². The highest BCUT2D eigenvalue weighted by Gasteiger charge is 2.52. The van der Waals surface area contributed by atoms with Crippen molar-refractivity contribution in [3.63, 3.8) is 0 Å². The van der Waals surface area contributed by atoms with Gasteiger partial charge in [0.05, 0.1) is 18.1 Å². The van der Waals surface area contributed by atoms with Crippen molar-refractivity contribution in [3.05, 3.63) is 12.7 Å². The molecule has 0 aliphatic heterocycles. The Balaban J connectivity index is 2.60. The van der Waals surface area contributed by atoms with Gasteiger partial charge >= 0.3 is 0 Å². The maximum Gasteiger partial charge on any atom is 0.0872 e. The van der Waals surface area contributed by atoms with Crippen LogP contribution in [-0.2, 0) is 0 Å². The summed E-state index contributed by atoms with van der Waals surface area (Å²) in [5.74, 6) is 0.229. The molecule has 0 aromatic carbocycles. The van der Waals surface area contributed by atoms with Crippen LogP contribution in [0.1, 0.15) is 6.42 Å². The van der Waals surface area contributed by atoms with Crippen molar-refractivity contribution in [2.24, 2.45) is 11.3 Å². The highest BCUT2D eigenvalue weighted by molar-refractivity contribution is 5.20. The molecular weight excluding hydrogens is 114 g/mol. The maximum atomic E-state index is 8.69. The Kier molecular flexibility index (Phi) is 1.30. The second-order valence-electron chi connectivity index (χ2n) is 2.47. The van der Waals surface area contributed by atoms with Crippen LogP contribution in [0.5, 0.6) is 0 Å². The fourth-order valence-electron chi connectivity index (χ4n) is 0.988. The van der Waals surface area contributed by atoms with Crippen molar-refractivity contribution in [2.45, 2.75) is 6.42 Å². The van der Waals surface area contributed by atoms with Crippen molar-refractivity contribution >= 4 is 0 Å². The van der Waals surface area contributed by atoms with Gasteiger partial charge in [-0.05, 0) is 12.3 Å². The van der Waals surface area contributed by atoms with Crippen molar-refractivity contribution in [2.75, 3.05) is 6.61 Å². The zero-order valence-corrected chi connectivity index (χ0v) is 5.17. The lowest BCUT2D eigenvalue weighted by Gasteiger charge is -1.97. The predicted molar refractivity (Wildman–Crippen MR) is 33.4 cm³/mol. The van der Waals surface area contributed by atoms with Gasteiger partial charge in [0.1, 0.15) is 0 Å². The summed E-state index contributed by atoms with van der Waals surface area (Å²) in [4.78, 5) is 0. The fourth-order valence-corrected chi connectivity index (χ4v) is 0.988. The van der Waals surface area contributed by atoms with Crippen LogP contribution in [0.25, 0.3) is 0 Å². The second-order valence-corrected chi connectivity index (χ2v) is 2.47. The van der Waals surface area contributed by atoms with Crippen LogP contribution >= 0.6 is 0 Å². The Labute approximate surface area is 54.4 Å². The van der Waals surface area contributed by atoms with Gasteiger partial charge in [-0.1, -0.05) is 6.08 Å². The summed E-state index contributed by atoms with van der Waals surface area (Å²) in [6, 6.07) is 2.08. The lowest BCUT2D eigenvalue weighted by Crippen LogP contribution is -2.04. The molecule has 1 saturated carbocycles. The summed E-state index contributed by atoms with van der Waals surface area (Å²) >= 11 is 0. The van der Waals surface area contributed by atoms with Gasteiger partial charge in [-0.3, -0.25) is 0 Å². The molecule has 2 heteroatoms. The van der Waals surface area contributed by atoms with E-state index in [-0.39, 0.29) is 12.5 Å².